The molecule has 0 amide bonds. The predicted octanol–water partition coefficient (Wildman–Crippen LogP) is 7.85. The summed E-state index contributed by atoms with van der Waals surface area (Å²) in [7, 11) is 0. The topological polar surface area (TPSA) is 44.8 Å². The number of carbonyl (C=O) groups is 1. The van der Waals surface area contributed by atoms with Gasteiger partial charge in [0.05, 0.1) is 12.7 Å². The summed E-state index contributed by atoms with van der Waals surface area (Å²) in [6.45, 7) is 13.0. The minimum Gasteiger partial charge on any atom is -0.462 e. The molecule has 4 aliphatic carbocycles. The third kappa shape index (κ3) is 4.17. The molecule has 6 aliphatic rings. The summed E-state index contributed by atoms with van der Waals surface area (Å²) in [4.78, 5) is 12.4. The smallest absolute Gasteiger partial charge is 0.306 e. The second-order valence-corrected chi connectivity index (χ2v) is 14.6. The minimum absolute atomic E-state index is 0.0190. The number of carbonyl (C=O) groups excluding carboxylic acids is 1. The van der Waals surface area contributed by atoms with E-state index < -0.39 is 0 Å². The summed E-state index contributed by atoms with van der Waals surface area (Å²) < 4.78 is 19.4. The molecule has 11 atom stereocenters. The number of allylic oxidation sites excluding steroid dienone is 1. The van der Waals surface area contributed by atoms with Gasteiger partial charge in [-0.2, -0.15) is 0 Å². The molecule has 0 unspecified atom stereocenters. The Bertz CT molecular complexity index is 902. The molecule has 0 bridgehead atoms. The molecule has 2 saturated heterocycles. The maximum absolute atomic E-state index is 12.4. The summed E-state index contributed by atoms with van der Waals surface area (Å²) in [5.41, 5.74) is 2.25. The summed E-state index contributed by atoms with van der Waals surface area (Å²) >= 11 is 0. The van der Waals surface area contributed by atoms with Gasteiger partial charge in [-0.3, -0.25) is 4.79 Å². The fourth-order valence-electron chi connectivity index (χ4n) is 10.5. The maximum atomic E-state index is 12.4. The van der Waals surface area contributed by atoms with Gasteiger partial charge in [0.25, 0.3) is 0 Å². The molecule has 4 nitrogen and oxygen atoms in total. The van der Waals surface area contributed by atoms with Gasteiger partial charge in [-0.1, -0.05) is 59.1 Å². The third-order valence-electron chi connectivity index (χ3n) is 12.6. The molecular formula is C33H52O4. The van der Waals surface area contributed by atoms with Gasteiger partial charge in [-0.15, -0.1) is 0 Å². The number of hydrogen-bond acceptors (Lipinski definition) is 4. The number of esters is 1. The quantitative estimate of drug-likeness (QED) is 0.214. The van der Waals surface area contributed by atoms with E-state index in [4.69, 9.17) is 14.2 Å². The monoisotopic (exact) mass is 512 g/mol. The third-order valence-corrected chi connectivity index (χ3v) is 12.6. The van der Waals surface area contributed by atoms with E-state index in [0.717, 1.165) is 62.9 Å². The van der Waals surface area contributed by atoms with Gasteiger partial charge in [0, 0.05) is 25.2 Å². The van der Waals surface area contributed by atoms with Crippen molar-refractivity contribution < 1.29 is 19.0 Å². The minimum atomic E-state index is -0.315. The Kier molecular flexibility index (Phi) is 6.87. The predicted molar refractivity (Wildman–Crippen MR) is 146 cm³/mol. The van der Waals surface area contributed by atoms with Crippen LogP contribution in [-0.4, -0.2) is 30.6 Å². The van der Waals surface area contributed by atoms with Crippen molar-refractivity contribution in [2.75, 3.05) is 6.61 Å². The normalized spacial score (nSPS) is 50.6. The van der Waals surface area contributed by atoms with Crippen LogP contribution in [0.3, 0.4) is 0 Å². The van der Waals surface area contributed by atoms with Crippen molar-refractivity contribution in [2.24, 2.45) is 46.3 Å². The molecule has 1 spiro atoms. The van der Waals surface area contributed by atoms with E-state index >= 15 is 0 Å². The van der Waals surface area contributed by atoms with Crippen molar-refractivity contribution >= 4 is 5.97 Å². The Morgan fingerprint density at radius 2 is 1.92 bits per heavy atom. The molecule has 0 aromatic heterocycles. The Balaban J connectivity index is 1.15. The Morgan fingerprint density at radius 3 is 2.68 bits per heavy atom. The van der Waals surface area contributed by atoms with Crippen LogP contribution in [-0.2, 0) is 19.0 Å². The second kappa shape index (κ2) is 9.65. The van der Waals surface area contributed by atoms with Gasteiger partial charge in [0.1, 0.15) is 6.10 Å². The van der Waals surface area contributed by atoms with E-state index in [1.165, 1.54) is 38.5 Å². The average Bonchev–Trinajstić information content (AvgIpc) is 3.31. The van der Waals surface area contributed by atoms with Crippen molar-refractivity contribution in [1.82, 2.24) is 0 Å². The number of fused-ring (bicyclic) bond motifs is 7. The van der Waals surface area contributed by atoms with E-state index in [2.05, 4.69) is 40.7 Å². The summed E-state index contributed by atoms with van der Waals surface area (Å²) in [6.07, 6.45) is 17.4. The molecule has 4 heteroatoms. The van der Waals surface area contributed by atoms with Gasteiger partial charge in [-0.05, 0) is 91.8 Å². The van der Waals surface area contributed by atoms with Crippen molar-refractivity contribution in [3.05, 3.63) is 11.6 Å². The first kappa shape index (κ1) is 26.4. The highest BCUT2D eigenvalue weighted by Crippen LogP contribution is 2.70. The zero-order valence-electron chi connectivity index (χ0n) is 24.2. The average molecular weight is 513 g/mol. The summed E-state index contributed by atoms with van der Waals surface area (Å²) in [5, 5.41) is 0. The molecule has 2 aliphatic heterocycles. The lowest BCUT2D eigenvalue weighted by molar-refractivity contribution is -0.272. The second-order valence-electron chi connectivity index (χ2n) is 14.6. The van der Waals surface area contributed by atoms with Crippen LogP contribution in [0.2, 0.25) is 0 Å². The van der Waals surface area contributed by atoms with Crippen molar-refractivity contribution in [3.8, 4) is 0 Å². The molecule has 0 N–H and O–H groups in total. The summed E-state index contributed by atoms with van der Waals surface area (Å²) in [6, 6.07) is 0. The maximum Gasteiger partial charge on any atom is 0.306 e. The Hall–Kier alpha value is -0.870. The van der Waals surface area contributed by atoms with E-state index in [0.29, 0.717) is 35.7 Å². The van der Waals surface area contributed by atoms with E-state index in [1.807, 2.05) is 0 Å². The number of unbranched alkanes of at least 4 members (excludes halogenated alkanes) is 2. The first-order chi connectivity index (χ1) is 17.7. The number of ether oxygens (including phenoxy) is 3. The van der Waals surface area contributed by atoms with Crippen LogP contribution in [0.25, 0.3) is 0 Å². The molecule has 0 radical (unpaired) electrons. The first-order valence-electron chi connectivity index (χ1n) is 15.9. The van der Waals surface area contributed by atoms with Crippen LogP contribution in [0.4, 0.5) is 0 Å². The molecular weight excluding hydrogens is 460 g/mol. The largest absolute Gasteiger partial charge is 0.462 e. The standard InChI is InChI=1S/C33H52O4/c1-6-7-8-9-29(34)36-24-13-15-31(4)23(18-24)10-11-25-26(31)14-16-32(5)27(25)19-28-30(32)22(3)33(37-28)17-12-21(2)20-35-33/h10,21-22,24-28,30H,6-9,11-20H2,1-5H3/t21-,22+,24+,25-,26+,27+,28-,30+,31+,32+,33-/m1/s1. The van der Waals surface area contributed by atoms with Gasteiger partial charge in [0.15, 0.2) is 5.79 Å². The highest BCUT2D eigenvalue weighted by atomic mass is 16.7. The SMILES string of the molecule is CCCCCC(=O)O[C@H]1CC[C@@]2(C)C(=CC[C@H]3[C@@H]4C[C@H]5O[C@]6(CC[C@@H](C)CO6)[C@@H](C)[C@@H]5[C@@]4(C)CC[C@@H]32)C1. The Morgan fingerprint density at radius 1 is 1.08 bits per heavy atom. The van der Waals surface area contributed by atoms with E-state index in [1.54, 1.807) is 5.57 Å². The van der Waals surface area contributed by atoms with Gasteiger partial charge in [-0.25, -0.2) is 0 Å². The zero-order chi connectivity index (χ0) is 26.0. The van der Waals surface area contributed by atoms with Crippen LogP contribution in [0.15, 0.2) is 11.6 Å². The highest BCUT2D eigenvalue weighted by molar-refractivity contribution is 5.69. The molecule has 208 valence electrons. The van der Waals surface area contributed by atoms with Crippen LogP contribution in [0.5, 0.6) is 0 Å². The lowest BCUT2D eigenvalue weighted by Gasteiger charge is -2.58. The Labute approximate surface area is 225 Å². The molecule has 37 heavy (non-hydrogen) atoms. The number of rotatable bonds is 5. The molecule has 6 rings (SSSR count). The molecule has 5 fully saturated rings. The van der Waals surface area contributed by atoms with E-state index in [9.17, 15) is 4.79 Å². The molecule has 2 heterocycles. The number of hydrogen-bond donors (Lipinski definition) is 0. The van der Waals surface area contributed by atoms with Crippen molar-refractivity contribution in [3.63, 3.8) is 0 Å². The highest BCUT2D eigenvalue weighted by Gasteiger charge is 2.68. The first-order valence-corrected chi connectivity index (χ1v) is 15.9. The van der Waals surface area contributed by atoms with E-state index in [-0.39, 0.29) is 23.3 Å². The van der Waals surface area contributed by atoms with Gasteiger partial charge < -0.3 is 14.2 Å². The fourth-order valence-corrected chi connectivity index (χ4v) is 10.5. The van der Waals surface area contributed by atoms with Crippen molar-refractivity contribution in [1.29, 1.82) is 0 Å². The molecule has 0 aromatic carbocycles. The zero-order valence-corrected chi connectivity index (χ0v) is 24.2. The van der Waals surface area contributed by atoms with Crippen LogP contribution >= 0.6 is 0 Å². The molecule has 0 aromatic rings. The van der Waals surface area contributed by atoms with Crippen LogP contribution < -0.4 is 0 Å². The van der Waals surface area contributed by atoms with Crippen molar-refractivity contribution in [2.45, 2.75) is 136 Å². The van der Waals surface area contributed by atoms with Gasteiger partial charge >= 0.3 is 5.97 Å². The lowest BCUT2D eigenvalue weighted by Crippen LogP contribution is -2.52. The van der Waals surface area contributed by atoms with Gasteiger partial charge in [0.2, 0.25) is 0 Å². The lowest BCUT2D eigenvalue weighted by atomic mass is 9.47. The van der Waals surface area contributed by atoms with Crippen LogP contribution in [0, 0.1) is 46.3 Å². The van der Waals surface area contributed by atoms with Crippen LogP contribution in [0.1, 0.15) is 118 Å². The molecule has 3 saturated carbocycles. The fraction of sp³-hybridized carbons (Fsp3) is 0.909. The summed E-state index contributed by atoms with van der Waals surface area (Å²) in [5.74, 6) is 3.77.